The Morgan fingerprint density at radius 1 is 0.867 bits per heavy atom. The van der Waals surface area contributed by atoms with Gasteiger partial charge in [-0.05, 0) is 36.4 Å². The highest BCUT2D eigenvalue weighted by Gasteiger charge is 2.17. The molecule has 0 aliphatic carbocycles. The fourth-order valence-corrected chi connectivity index (χ4v) is 3.34. The summed E-state index contributed by atoms with van der Waals surface area (Å²) < 4.78 is 8.34. The summed E-state index contributed by atoms with van der Waals surface area (Å²) >= 11 is 0. The summed E-state index contributed by atoms with van der Waals surface area (Å²) in [6.07, 6.45) is 6.19. The molecule has 0 saturated carbocycles. The van der Waals surface area contributed by atoms with Crippen LogP contribution in [0.15, 0.2) is 91.5 Å². The molecule has 5 aromatic rings. The van der Waals surface area contributed by atoms with Crippen LogP contribution in [-0.2, 0) is 0 Å². The molecular formula is C23H17N5O2. The summed E-state index contributed by atoms with van der Waals surface area (Å²) in [5.74, 6) is 1.50. The molecule has 146 valence electrons. The molecule has 0 saturated heterocycles. The van der Waals surface area contributed by atoms with E-state index in [4.69, 9.17) is 15.6 Å². The van der Waals surface area contributed by atoms with Crippen molar-refractivity contribution in [2.75, 3.05) is 5.73 Å². The zero-order chi connectivity index (χ0) is 20.5. The fourth-order valence-electron chi connectivity index (χ4n) is 3.34. The molecule has 0 atom stereocenters. The predicted molar refractivity (Wildman–Crippen MR) is 114 cm³/mol. The first kappa shape index (κ1) is 17.7. The monoisotopic (exact) mass is 395 g/mol. The van der Waals surface area contributed by atoms with Crippen LogP contribution in [0.1, 0.15) is 0 Å². The number of nitrogens with zero attached hydrogens (tertiary/aromatic N) is 4. The minimum atomic E-state index is 0.535. The number of hydrogen-bond acceptors (Lipinski definition) is 5. The first-order valence-corrected chi connectivity index (χ1v) is 9.34. The van der Waals surface area contributed by atoms with Crippen LogP contribution >= 0.6 is 0 Å². The Kier molecular flexibility index (Phi) is 4.25. The molecule has 2 aromatic carbocycles. The lowest BCUT2D eigenvalue weighted by Crippen LogP contribution is -2.23. The quantitative estimate of drug-likeness (QED) is 0.365. The van der Waals surface area contributed by atoms with Crippen LogP contribution in [0.3, 0.4) is 0 Å². The van der Waals surface area contributed by atoms with Crippen LogP contribution in [0.4, 0.5) is 5.69 Å². The third kappa shape index (κ3) is 3.18. The van der Waals surface area contributed by atoms with Gasteiger partial charge < -0.3 is 15.7 Å². The van der Waals surface area contributed by atoms with E-state index < -0.39 is 0 Å². The number of para-hydroxylation sites is 1. The van der Waals surface area contributed by atoms with E-state index in [0.29, 0.717) is 5.69 Å². The van der Waals surface area contributed by atoms with Crippen LogP contribution in [0, 0.1) is 5.21 Å². The zero-order valence-electron chi connectivity index (χ0n) is 15.8. The number of nitrogen functional groups attached to an aromatic ring is 1. The lowest BCUT2D eigenvalue weighted by atomic mass is 10.1. The number of pyridine rings is 2. The number of ether oxygens (including phenoxy) is 1. The van der Waals surface area contributed by atoms with Gasteiger partial charge in [-0.1, -0.05) is 18.2 Å². The second kappa shape index (κ2) is 7.21. The van der Waals surface area contributed by atoms with E-state index in [1.54, 1.807) is 29.2 Å². The average molecular weight is 395 g/mol. The van der Waals surface area contributed by atoms with E-state index in [9.17, 15) is 5.21 Å². The normalized spacial score (nSPS) is 10.9. The molecule has 7 heteroatoms. The smallest absolute Gasteiger partial charge is 0.182 e. The van der Waals surface area contributed by atoms with E-state index >= 15 is 0 Å². The summed E-state index contributed by atoms with van der Waals surface area (Å²) in [6, 6.07) is 20.7. The van der Waals surface area contributed by atoms with E-state index in [-0.39, 0.29) is 0 Å². The third-order valence-electron chi connectivity index (χ3n) is 4.76. The molecule has 0 unspecified atom stereocenters. The lowest BCUT2D eigenvalue weighted by Gasteiger charge is -2.06. The van der Waals surface area contributed by atoms with Crippen LogP contribution in [0.25, 0.3) is 27.8 Å². The van der Waals surface area contributed by atoms with Gasteiger partial charge in [-0.15, -0.1) is 0 Å². The van der Waals surface area contributed by atoms with Gasteiger partial charge in [0.2, 0.25) is 0 Å². The molecule has 0 radical (unpaired) electrons. The van der Waals surface area contributed by atoms with Crippen LogP contribution in [0.2, 0.25) is 0 Å². The van der Waals surface area contributed by atoms with Crippen molar-refractivity contribution in [3.05, 3.63) is 96.7 Å². The Balaban J connectivity index is 1.58. The van der Waals surface area contributed by atoms with Crippen LogP contribution in [-0.4, -0.2) is 14.8 Å². The molecule has 3 heterocycles. The lowest BCUT2D eigenvalue weighted by molar-refractivity contribution is -0.605. The first-order valence-electron chi connectivity index (χ1n) is 9.34. The largest absolute Gasteiger partial charge is 0.619 e. The molecule has 2 N–H and O–H groups in total. The summed E-state index contributed by atoms with van der Waals surface area (Å²) in [4.78, 5) is 4.21. The molecule has 7 nitrogen and oxygen atoms in total. The molecule has 0 aliphatic rings. The maximum absolute atomic E-state index is 11.4. The Hall–Kier alpha value is -4.39. The second-order valence-corrected chi connectivity index (χ2v) is 6.74. The predicted octanol–water partition coefficient (Wildman–Crippen LogP) is 4.10. The Bertz CT molecular complexity index is 1310. The molecule has 5 rings (SSSR count). The molecule has 0 fully saturated rings. The van der Waals surface area contributed by atoms with Gasteiger partial charge in [-0.3, -0.25) is 4.98 Å². The maximum atomic E-state index is 11.4. The molecule has 3 aromatic heterocycles. The summed E-state index contributed by atoms with van der Waals surface area (Å²) in [7, 11) is 0. The molecular weight excluding hydrogens is 378 g/mol. The number of nitrogens with two attached hydrogens (primary N) is 1. The van der Waals surface area contributed by atoms with Gasteiger partial charge in [0.25, 0.3) is 0 Å². The van der Waals surface area contributed by atoms with E-state index in [1.165, 1.54) is 12.4 Å². The minimum Gasteiger partial charge on any atom is -0.619 e. The summed E-state index contributed by atoms with van der Waals surface area (Å²) in [5.41, 5.74) is 9.92. The van der Waals surface area contributed by atoms with Crippen LogP contribution in [0.5, 0.6) is 11.5 Å². The van der Waals surface area contributed by atoms with E-state index in [2.05, 4.69) is 4.98 Å². The van der Waals surface area contributed by atoms with Gasteiger partial charge in [0.1, 0.15) is 17.2 Å². The molecule has 0 aliphatic heterocycles. The first-order chi connectivity index (χ1) is 14.7. The third-order valence-corrected chi connectivity index (χ3v) is 4.76. The summed E-state index contributed by atoms with van der Waals surface area (Å²) in [5, 5.41) is 17.0. The minimum absolute atomic E-state index is 0.535. The number of aromatic nitrogens is 4. The van der Waals surface area contributed by atoms with Crippen molar-refractivity contribution in [2.24, 2.45) is 0 Å². The number of hydrogen-bond donors (Lipinski definition) is 1. The standard InChI is InChI=1S/C23H17N5O2/c24-20-14-25-15-21-22(20)23(26-28(21)17-10-12-27(29)13-11-17)16-6-8-19(9-7-16)30-18-4-2-1-3-5-18/h1-15H,24H2. The van der Waals surface area contributed by atoms with Crippen molar-refractivity contribution in [3.8, 4) is 28.4 Å². The molecule has 0 amide bonds. The van der Waals surface area contributed by atoms with Crippen LogP contribution < -0.4 is 15.2 Å². The zero-order valence-corrected chi connectivity index (χ0v) is 15.8. The van der Waals surface area contributed by atoms with Crippen molar-refractivity contribution < 1.29 is 9.47 Å². The Morgan fingerprint density at radius 3 is 2.30 bits per heavy atom. The van der Waals surface area contributed by atoms with Gasteiger partial charge >= 0.3 is 0 Å². The highest BCUT2D eigenvalue weighted by molar-refractivity contribution is 6.01. The van der Waals surface area contributed by atoms with E-state index in [0.717, 1.165) is 44.1 Å². The molecule has 0 bridgehead atoms. The van der Waals surface area contributed by atoms with Gasteiger partial charge in [-0.2, -0.15) is 9.83 Å². The number of rotatable bonds is 4. The highest BCUT2D eigenvalue weighted by atomic mass is 16.5. The average Bonchev–Trinajstić information content (AvgIpc) is 3.17. The van der Waals surface area contributed by atoms with Gasteiger partial charge in [0.05, 0.1) is 34.7 Å². The highest BCUT2D eigenvalue weighted by Crippen LogP contribution is 2.34. The van der Waals surface area contributed by atoms with Gasteiger partial charge in [-0.25, -0.2) is 4.68 Å². The van der Waals surface area contributed by atoms with Crippen molar-refractivity contribution in [1.82, 2.24) is 14.8 Å². The molecule has 0 spiro atoms. The van der Waals surface area contributed by atoms with Crippen molar-refractivity contribution in [1.29, 1.82) is 0 Å². The summed E-state index contributed by atoms with van der Waals surface area (Å²) in [6.45, 7) is 0. The van der Waals surface area contributed by atoms with Gasteiger partial charge in [0.15, 0.2) is 12.4 Å². The topological polar surface area (TPSA) is 92.9 Å². The SMILES string of the molecule is Nc1cncc2c1c(-c1ccc(Oc3ccccc3)cc1)nn2-c1cc[n+]([O-])cc1. The van der Waals surface area contributed by atoms with Crippen molar-refractivity contribution >= 4 is 16.6 Å². The number of fused-ring (bicyclic) bond motifs is 1. The number of anilines is 1. The number of benzene rings is 2. The van der Waals surface area contributed by atoms with Crippen molar-refractivity contribution in [3.63, 3.8) is 0 Å². The molecule has 30 heavy (non-hydrogen) atoms. The fraction of sp³-hybridized carbons (Fsp3) is 0. The Morgan fingerprint density at radius 2 is 1.57 bits per heavy atom. The van der Waals surface area contributed by atoms with Crippen molar-refractivity contribution in [2.45, 2.75) is 0 Å². The van der Waals surface area contributed by atoms with E-state index in [1.807, 2.05) is 54.6 Å². The Labute approximate surface area is 172 Å². The second-order valence-electron chi connectivity index (χ2n) is 6.74. The maximum Gasteiger partial charge on any atom is 0.182 e. The van der Waals surface area contributed by atoms with Gasteiger partial charge in [0, 0.05) is 17.7 Å².